The molecule has 0 saturated carbocycles. The van der Waals surface area contributed by atoms with E-state index in [1.165, 1.54) is 12.8 Å². The number of fused-ring (bicyclic) bond motifs is 1. The van der Waals surface area contributed by atoms with Crippen LogP contribution in [0.25, 0.3) is 0 Å². The maximum atomic E-state index is 12.2. The Balaban J connectivity index is 1.69. The number of likely N-dealkylation sites (N-methyl/N-ethyl adjacent to an activating group) is 1. The summed E-state index contributed by atoms with van der Waals surface area (Å²) in [5.74, 6) is 1.03. The van der Waals surface area contributed by atoms with Crippen molar-refractivity contribution in [2.75, 3.05) is 37.6 Å². The van der Waals surface area contributed by atoms with Gasteiger partial charge in [-0.05, 0) is 32.9 Å². The van der Waals surface area contributed by atoms with Crippen LogP contribution in [-0.2, 0) is 16.1 Å². The minimum atomic E-state index is 0.0608. The van der Waals surface area contributed by atoms with Crippen molar-refractivity contribution in [2.45, 2.75) is 59.4 Å². The first kappa shape index (κ1) is 20.4. The molecular weight excluding hydrogens is 330 g/mol. The highest BCUT2D eigenvalue weighted by Gasteiger charge is 2.25. The minimum Gasteiger partial charge on any atom is -0.355 e. The molecule has 1 N–H and O–H groups in total. The van der Waals surface area contributed by atoms with E-state index in [0.29, 0.717) is 38.9 Å². The number of nitrogens with zero attached hydrogens (tertiary/aromatic N) is 4. The molecule has 1 aromatic heterocycles. The van der Waals surface area contributed by atoms with Gasteiger partial charge in [0, 0.05) is 38.5 Å². The van der Waals surface area contributed by atoms with Crippen LogP contribution in [0, 0.1) is 6.92 Å². The van der Waals surface area contributed by atoms with Crippen molar-refractivity contribution in [1.29, 1.82) is 0 Å². The number of carbonyl (C=O) groups excluding carboxylic acids is 2. The van der Waals surface area contributed by atoms with Crippen LogP contribution in [0.5, 0.6) is 0 Å². The fourth-order valence-corrected chi connectivity index (χ4v) is 3.27. The lowest BCUT2D eigenvalue weighted by Gasteiger charge is -2.27. The van der Waals surface area contributed by atoms with Crippen molar-refractivity contribution >= 4 is 17.6 Å². The Hall–Kier alpha value is -1.89. The van der Waals surface area contributed by atoms with Gasteiger partial charge in [-0.15, -0.1) is 0 Å². The molecule has 146 valence electrons. The number of amides is 2. The Kier molecular flexibility index (Phi) is 8.09. The van der Waals surface area contributed by atoms with E-state index in [2.05, 4.69) is 29.2 Å². The molecule has 7 nitrogen and oxygen atoms in total. The summed E-state index contributed by atoms with van der Waals surface area (Å²) in [6, 6.07) is 1.94. The number of carbonyl (C=O) groups is 2. The molecule has 0 aliphatic carbocycles. The zero-order valence-electron chi connectivity index (χ0n) is 16.5. The zero-order chi connectivity index (χ0) is 18.9. The maximum Gasteiger partial charge on any atom is 0.229 e. The molecule has 0 bridgehead atoms. The number of aryl methyl sites for hydroxylation is 2. The fourth-order valence-electron chi connectivity index (χ4n) is 3.27. The van der Waals surface area contributed by atoms with E-state index in [1.54, 1.807) is 4.90 Å². The average Bonchev–Trinajstić information content (AvgIpc) is 3.00. The minimum absolute atomic E-state index is 0.0608. The molecule has 0 spiro atoms. The molecule has 0 aromatic carbocycles. The van der Waals surface area contributed by atoms with Crippen LogP contribution in [0.3, 0.4) is 0 Å². The van der Waals surface area contributed by atoms with Crippen LogP contribution < -0.4 is 10.2 Å². The third-order valence-electron chi connectivity index (χ3n) is 4.81. The number of hydrogen-bond acceptors (Lipinski definition) is 4. The second-order valence-corrected chi connectivity index (χ2v) is 6.90. The third-order valence-corrected chi connectivity index (χ3v) is 4.81. The van der Waals surface area contributed by atoms with Crippen LogP contribution in [0.2, 0.25) is 0 Å². The van der Waals surface area contributed by atoms with E-state index in [-0.39, 0.29) is 11.8 Å². The Bertz CT molecular complexity index is 599. The van der Waals surface area contributed by atoms with Crippen LogP contribution in [0.4, 0.5) is 5.82 Å². The molecule has 7 heteroatoms. The number of nitrogens with one attached hydrogen (secondary N) is 1. The summed E-state index contributed by atoms with van der Waals surface area (Å²) >= 11 is 0. The highest BCUT2D eigenvalue weighted by molar-refractivity contribution is 5.93. The average molecular weight is 364 g/mol. The molecule has 1 aromatic rings. The van der Waals surface area contributed by atoms with Gasteiger partial charge in [0.15, 0.2) is 0 Å². The molecule has 26 heavy (non-hydrogen) atoms. The fraction of sp³-hybridized carbons (Fsp3) is 0.737. The molecule has 2 amide bonds. The molecule has 0 atom stereocenters. The van der Waals surface area contributed by atoms with Crippen molar-refractivity contribution in [2.24, 2.45) is 0 Å². The molecule has 0 saturated heterocycles. The second-order valence-electron chi connectivity index (χ2n) is 6.90. The molecule has 2 rings (SSSR count). The van der Waals surface area contributed by atoms with E-state index < -0.39 is 0 Å². The van der Waals surface area contributed by atoms with E-state index in [9.17, 15) is 9.59 Å². The van der Waals surface area contributed by atoms with E-state index in [1.807, 2.05) is 17.7 Å². The van der Waals surface area contributed by atoms with Crippen LogP contribution in [0.15, 0.2) is 6.07 Å². The molecule has 0 unspecified atom stereocenters. The van der Waals surface area contributed by atoms with Gasteiger partial charge >= 0.3 is 0 Å². The standard InChI is InChI=1S/C19H33N5O2/c1-4-6-11-22(5-2)14-10-20-17(25)8-7-12-23-18-15-16(3)21-24(18)13-9-19(23)26/h15H,4-14H2,1-3H3,(H,20,25). The second kappa shape index (κ2) is 10.3. The van der Waals surface area contributed by atoms with Gasteiger partial charge in [-0.2, -0.15) is 5.10 Å². The topological polar surface area (TPSA) is 70.5 Å². The summed E-state index contributed by atoms with van der Waals surface area (Å²) in [6.07, 6.45) is 3.97. The molecule has 2 heterocycles. The van der Waals surface area contributed by atoms with Crippen molar-refractivity contribution in [3.63, 3.8) is 0 Å². The molecule has 0 radical (unpaired) electrons. The highest BCUT2D eigenvalue weighted by Crippen LogP contribution is 2.22. The first-order valence-electron chi connectivity index (χ1n) is 9.89. The summed E-state index contributed by atoms with van der Waals surface area (Å²) in [6.45, 7) is 11.2. The lowest BCUT2D eigenvalue weighted by Crippen LogP contribution is -2.39. The number of anilines is 1. The van der Waals surface area contributed by atoms with Gasteiger partial charge in [0.05, 0.1) is 12.2 Å². The van der Waals surface area contributed by atoms with Gasteiger partial charge < -0.3 is 10.2 Å². The predicted molar refractivity (Wildman–Crippen MR) is 103 cm³/mol. The lowest BCUT2D eigenvalue weighted by molar-refractivity contribution is -0.122. The molecular formula is C19H33N5O2. The van der Waals surface area contributed by atoms with E-state index >= 15 is 0 Å². The monoisotopic (exact) mass is 363 g/mol. The SMILES string of the molecule is CCCCN(CC)CCNC(=O)CCCN1C(=O)CCn2nc(C)cc21. The summed E-state index contributed by atoms with van der Waals surface area (Å²) in [5, 5.41) is 7.40. The Morgan fingerprint density at radius 2 is 2.12 bits per heavy atom. The van der Waals surface area contributed by atoms with Gasteiger partial charge in [0.25, 0.3) is 0 Å². The van der Waals surface area contributed by atoms with Crippen molar-refractivity contribution in [1.82, 2.24) is 20.0 Å². The van der Waals surface area contributed by atoms with Gasteiger partial charge in [-0.25, -0.2) is 4.68 Å². The van der Waals surface area contributed by atoms with Gasteiger partial charge in [-0.1, -0.05) is 20.3 Å². The summed E-state index contributed by atoms with van der Waals surface area (Å²) in [5.41, 5.74) is 0.918. The van der Waals surface area contributed by atoms with E-state index in [4.69, 9.17) is 0 Å². The third kappa shape index (κ3) is 5.83. The zero-order valence-corrected chi connectivity index (χ0v) is 16.5. The van der Waals surface area contributed by atoms with Gasteiger partial charge in [-0.3, -0.25) is 14.5 Å². The highest BCUT2D eigenvalue weighted by atomic mass is 16.2. The van der Waals surface area contributed by atoms with Crippen LogP contribution >= 0.6 is 0 Å². The summed E-state index contributed by atoms with van der Waals surface area (Å²) < 4.78 is 1.88. The molecule has 1 aliphatic rings. The number of aromatic nitrogens is 2. The number of hydrogen-bond donors (Lipinski definition) is 1. The largest absolute Gasteiger partial charge is 0.355 e. The first-order chi connectivity index (χ1) is 12.5. The smallest absolute Gasteiger partial charge is 0.229 e. The molecule has 0 fully saturated rings. The Labute approximate surface area is 156 Å². The van der Waals surface area contributed by atoms with Crippen molar-refractivity contribution in [3.05, 3.63) is 11.8 Å². The first-order valence-corrected chi connectivity index (χ1v) is 9.89. The Morgan fingerprint density at radius 3 is 2.85 bits per heavy atom. The van der Waals surface area contributed by atoms with Gasteiger partial charge in [0.2, 0.25) is 11.8 Å². The maximum absolute atomic E-state index is 12.2. The van der Waals surface area contributed by atoms with Crippen LogP contribution in [-0.4, -0.2) is 59.2 Å². The lowest BCUT2D eigenvalue weighted by atomic mass is 10.2. The van der Waals surface area contributed by atoms with Crippen LogP contribution in [0.1, 0.15) is 51.6 Å². The van der Waals surface area contributed by atoms with Crippen molar-refractivity contribution in [3.8, 4) is 0 Å². The van der Waals surface area contributed by atoms with Gasteiger partial charge in [0.1, 0.15) is 5.82 Å². The summed E-state index contributed by atoms with van der Waals surface area (Å²) in [4.78, 5) is 28.4. The van der Waals surface area contributed by atoms with E-state index in [0.717, 1.165) is 31.1 Å². The quantitative estimate of drug-likeness (QED) is 0.652. The summed E-state index contributed by atoms with van der Waals surface area (Å²) in [7, 11) is 0. The Morgan fingerprint density at radius 1 is 1.31 bits per heavy atom. The normalized spacial score (nSPS) is 14.0. The predicted octanol–water partition coefficient (Wildman–Crippen LogP) is 1.95. The number of rotatable bonds is 11. The van der Waals surface area contributed by atoms with Crippen molar-refractivity contribution < 1.29 is 9.59 Å². The number of unbranched alkanes of at least 4 members (excludes halogenated alkanes) is 1. The molecule has 1 aliphatic heterocycles.